The zero-order valence-electron chi connectivity index (χ0n) is 16.4. The number of hydrogen-bond donors (Lipinski definition) is 1. The number of amides is 1. The lowest BCUT2D eigenvalue weighted by molar-refractivity contribution is -0.148. The molecule has 0 spiro atoms. The number of ketones is 1. The SMILES string of the molecule is Cc1ccc(C(=O)CCC(=O)OCC(=O)NCc2ccc3c(c2)OCO3)cc1C. The second-order valence-electron chi connectivity index (χ2n) is 6.85. The number of carbonyl (C=O) groups excluding carboxylic acids is 3. The van der Waals surface area contributed by atoms with E-state index in [2.05, 4.69) is 5.32 Å². The Morgan fingerprint density at radius 3 is 2.55 bits per heavy atom. The number of aryl methyl sites for hydroxylation is 2. The summed E-state index contributed by atoms with van der Waals surface area (Å²) in [6.45, 7) is 3.98. The van der Waals surface area contributed by atoms with Gasteiger partial charge in [0.2, 0.25) is 6.79 Å². The van der Waals surface area contributed by atoms with E-state index in [-0.39, 0.29) is 38.6 Å². The Bertz CT molecular complexity index is 937. The summed E-state index contributed by atoms with van der Waals surface area (Å²) in [5.74, 6) is 0.176. The number of hydrogen-bond acceptors (Lipinski definition) is 6. The average molecular weight is 397 g/mol. The van der Waals surface area contributed by atoms with E-state index in [1.165, 1.54) is 0 Å². The van der Waals surface area contributed by atoms with Crippen LogP contribution in [0.5, 0.6) is 11.5 Å². The standard InChI is InChI=1S/C22H23NO6/c1-14-3-5-17(9-15(14)2)18(24)6-8-22(26)27-12-21(25)23-11-16-4-7-19-20(10-16)29-13-28-19/h3-5,7,9-10H,6,8,11-13H2,1-2H3,(H,23,25). The highest BCUT2D eigenvalue weighted by Gasteiger charge is 2.15. The quantitative estimate of drug-likeness (QED) is 0.544. The fraction of sp³-hybridized carbons (Fsp3) is 0.318. The van der Waals surface area contributed by atoms with Crippen LogP contribution in [0.2, 0.25) is 0 Å². The summed E-state index contributed by atoms with van der Waals surface area (Å²) >= 11 is 0. The molecule has 1 aliphatic heterocycles. The monoisotopic (exact) mass is 397 g/mol. The van der Waals surface area contributed by atoms with Gasteiger partial charge in [0.1, 0.15) is 0 Å². The molecule has 152 valence electrons. The minimum absolute atomic E-state index is 0.0418. The fourth-order valence-corrected chi connectivity index (χ4v) is 2.80. The van der Waals surface area contributed by atoms with Gasteiger partial charge in [0.05, 0.1) is 6.42 Å². The molecule has 1 N–H and O–H groups in total. The van der Waals surface area contributed by atoms with Crippen molar-refractivity contribution in [3.8, 4) is 11.5 Å². The molecule has 29 heavy (non-hydrogen) atoms. The molecule has 0 aromatic heterocycles. The summed E-state index contributed by atoms with van der Waals surface area (Å²) in [5, 5.41) is 2.67. The molecule has 1 aliphatic rings. The number of ether oxygens (including phenoxy) is 3. The van der Waals surface area contributed by atoms with Crippen molar-refractivity contribution in [3.63, 3.8) is 0 Å². The predicted molar refractivity (Wildman–Crippen MR) is 105 cm³/mol. The zero-order valence-corrected chi connectivity index (χ0v) is 16.4. The topological polar surface area (TPSA) is 90.9 Å². The first-order chi connectivity index (χ1) is 13.9. The number of rotatable bonds is 8. The van der Waals surface area contributed by atoms with Crippen LogP contribution >= 0.6 is 0 Å². The summed E-state index contributed by atoms with van der Waals surface area (Å²) in [7, 11) is 0. The van der Waals surface area contributed by atoms with E-state index in [1.54, 1.807) is 18.2 Å². The van der Waals surface area contributed by atoms with Gasteiger partial charge in [-0.15, -0.1) is 0 Å². The number of benzene rings is 2. The van der Waals surface area contributed by atoms with Crippen molar-refractivity contribution in [2.24, 2.45) is 0 Å². The molecule has 7 nitrogen and oxygen atoms in total. The third-order valence-corrected chi connectivity index (χ3v) is 4.68. The summed E-state index contributed by atoms with van der Waals surface area (Å²) in [4.78, 5) is 35.9. The lowest BCUT2D eigenvalue weighted by Crippen LogP contribution is -2.28. The van der Waals surface area contributed by atoms with Gasteiger partial charge in [-0.25, -0.2) is 0 Å². The van der Waals surface area contributed by atoms with Gasteiger partial charge in [-0.2, -0.15) is 0 Å². The fourth-order valence-electron chi connectivity index (χ4n) is 2.80. The Labute approximate surface area is 169 Å². The summed E-state index contributed by atoms with van der Waals surface area (Å²) in [6, 6.07) is 10.8. The highest BCUT2D eigenvalue weighted by atomic mass is 16.7. The van der Waals surface area contributed by atoms with Crippen LogP contribution in [0, 0.1) is 13.8 Å². The minimum Gasteiger partial charge on any atom is -0.456 e. The van der Waals surface area contributed by atoms with Gasteiger partial charge >= 0.3 is 5.97 Å². The molecule has 0 atom stereocenters. The molecular formula is C22H23NO6. The maximum atomic E-state index is 12.2. The van der Waals surface area contributed by atoms with E-state index in [9.17, 15) is 14.4 Å². The summed E-state index contributed by atoms with van der Waals surface area (Å²) in [6.07, 6.45) is -0.0264. The molecule has 2 aromatic rings. The Balaban J connectivity index is 1.37. The molecule has 0 bridgehead atoms. The third kappa shape index (κ3) is 5.57. The van der Waals surface area contributed by atoms with E-state index in [4.69, 9.17) is 14.2 Å². The van der Waals surface area contributed by atoms with E-state index < -0.39 is 11.9 Å². The Morgan fingerprint density at radius 2 is 1.76 bits per heavy atom. The second-order valence-corrected chi connectivity index (χ2v) is 6.85. The first-order valence-corrected chi connectivity index (χ1v) is 9.33. The Morgan fingerprint density at radius 1 is 0.966 bits per heavy atom. The molecule has 2 aromatic carbocycles. The van der Waals surface area contributed by atoms with E-state index in [0.29, 0.717) is 17.1 Å². The van der Waals surface area contributed by atoms with Gasteiger partial charge in [-0.3, -0.25) is 14.4 Å². The van der Waals surface area contributed by atoms with Gasteiger partial charge in [0.25, 0.3) is 5.91 Å². The van der Waals surface area contributed by atoms with Crippen LogP contribution < -0.4 is 14.8 Å². The number of esters is 1. The van der Waals surface area contributed by atoms with Crippen molar-refractivity contribution in [1.29, 1.82) is 0 Å². The minimum atomic E-state index is -0.583. The molecule has 0 unspecified atom stereocenters. The molecule has 0 aliphatic carbocycles. The molecule has 1 amide bonds. The Kier molecular flexibility index (Phi) is 6.49. The maximum absolute atomic E-state index is 12.2. The second kappa shape index (κ2) is 9.23. The Hall–Kier alpha value is -3.35. The van der Waals surface area contributed by atoms with Crippen molar-refractivity contribution in [3.05, 3.63) is 58.7 Å². The summed E-state index contributed by atoms with van der Waals surface area (Å²) in [5.41, 5.74) is 3.54. The van der Waals surface area contributed by atoms with Crippen molar-refractivity contribution in [2.75, 3.05) is 13.4 Å². The van der Waals surface area contributed by atoms with E-state index in [0.717, 1.165) is 16.7 Å². The third-order valence-electron chi connectivity index (χ3n) is 4.68. The molecule has 0 saturated carbocycles. The lowest BCUT2D eigenvalue weighted by atomic mass is 10.0. The van der Waals surface area contributed by atoms with Crippen molar-refractivity contribution in [2.45, 2.75) is 33.2 Å². The average Bonchev–Trinajstić information content (AvgIpc) is 3.18. The normalized spacial score (nSPS) is 11.8. The molecule has 0 saturated heterocycles. The maximum Gasteiger partial charge on any atom is 0.306 e. The van der Waals surface area contributed by atoms with Crippen molar-refractivity contribution < 1.29 is 28.6 Å². The predicted octanol–water partition coefficient (Wildman–Crippen LogP) is 2.85. The molecule has 0 fully saturated rings. The number of fused-ring (bicyclic) bond motifs is 1. The number of Topliss-reactive ketones (excluding diaryl/α,β-unsaturated/α-hetero) is 1. The largest absolute Gasteiger partial charge is 0.456 e. The first-order valence-electron chi connectivity index (χ1n) is 9.33. The summed E-state index contributed by atoms with van der Waals surface area (Å²) < 4.78 is 15.5. The van der Waals surface area contributed by atoms with Crippen molar-refractivity contribution in [1.82, 2.24) is 5.32 Å². The molecule has 1 heterocycles. The molecule has 0 radical (unpaired) electrons. The van der Waals surface area contributed by atoms with Gasteiger partial charge in [-0.05, 0) is 48.7 Å². The van der Waals surface area contributed by atoms with Crippen LogP contribution in [-0.2, 0) is 20.9 Å². The smallest absolute Gasteiger partial charge is 0.306 e. The van der Waals surface area contributed by atoms with E-state index >= 15 is 0 Å². The first kappa shape index (κ1) is 20.4. The highest BCUT2D eigenvalue weighted by Crippen LogP contribution is 2.32. The van der Waals surface area contributed by atoms with Crippen LogP contribution in [0.4, 0.5) is 0 Å². The molecule has 3 rings (SSSR count). The van der Waals surface area contributed by atoms with Gasteiger partial charge in [0, 0.05) is 18.5 Å². The van der Waals surface area contributed by atoms with Crippen LogP contribution in [-0.4, -0.2) is 31.1 Å². The van der Waals surface area contributed by atoms with E-state index in [1.807, 2.05) is 32.0 Å². The molecular weight excluding hydrogens is 374 g/mol. The lowest BCUT2D eigenvalue weighted by Gasteiger charge is -2.08. The van der Waals surface area contributed by atoms with Gasteiger partial charge in [0.15, 0.2) is 23.9 Å². The van der Waals surface area contributed by atoms with Crippen LogP contribution in [0.15, 0.2) is 36.4 Å². The number of carbonyl (C=O) groups is 3. The van der Waals surface area contributed by atoms with Gasteiger partial charge in [-0.1, -0.05) is 18.2 Å². The highest BCUT2D eigenvalue weighted by molar-refractivity contribution is 5.97. The van der Waals surface area contributed by atoms with Crippen LogP contribution in [0.1, 0.15) is 39.9 Å². The van der Waals surface area contributed by atoms with Crippen molar-refractivity contribution >= 4 is 17.7 Å². The van der Waals surface area contributed by atoms with Gasteiger partial charge < -0.3 is 19.5 Å². The zero-order chi connectivity index (χ0) is 20.8. The van der Waals surface area contributed by atoms with Crippen LogP contribution in [0.3, 0.4) is 0 Å². The van der Waals surface area contributed by atoms with Crippen LogP contribution in [0.25, 0.3) is 0 Å². The number of nitrogens with one attached hydrogen (secondary N) is 1. The molecule has 7 heteroatoms.